The molecule has 5 atom stereocenters. The SMILES string of the molecule is CCCCC/C=C\CC(O)C(O)/C=C/[C@@H]1CC1[C@H]1CCCCCC(=O)O1. The summed E-state index contributed by atoms with van der Waals surface area (Å²) in [4.78, 5) is 11.7. The summed E-state index contributed by atoms with van der Waals surface area (Å²) in [5.41, 5.74) is 0. The molecule has 0 aromatic heterocycles. The highest BCUT2D eigenvalue weighted by atomic mass is 16.5. The zero-order valence-corrected chi connectivity index (χ0v) is 16.2. The molecule has 1 aliphatic carbocycles. The van der Waals surface area contributed by atoms with Gasteiger partial charge in [0.25, 0.3) is 0 Å². The maximum absolute atomic E-state index is 11.7. The van der Waals surface area contributed by atoms with E-state index < -0.39 is 12.2 Å². The van der Waals surface area contributed by atoms with Crippen molar-refractivity contribution in [2.45, 2.75) is 95.9 Å². The van der Waals surface area contributed by atoms with Crippen molar-refractivity contribution in [3.8, 4) is 0 Å². The lowest BCUT2D eigenvalue weighted by Gasteiger charge is -2.20. The zero-order chi connectivity index (χ0) is 18.8. The van der Waals surface area contributed by atoms with Crippen molar-refractivity contribution in [1.82, 2.24) is 0 Å². The van der Waals surface area contributed by atoms with Gasteiger partial charge >= 0.3 is 5.97 Å². The first-order valence-electron chi connectivity index (χ1n) is 10.5. The average molecular weight is 365 g/mol. The maximum Gasteiger partial charge on any atom is 0.306 e. The standard InChI is InChI=1S/C22H36O4/c1-2-3-4-5-6-8-11-19(23)20(24)15-14-17-16-18(17)21-12-9-7-10-13-22(25)26-21/h6,8,14-15,17-21,23-24H,2-5,7,9-13,16H2,1H3/b8-6-,15-14+/t17-,18?,19?,20?,21-/m1/s1. The van der Waals surface area contributed by atoms with Crippen LogP contribution in [-0.4, -0.2) is 34.5 Å². The van der Waals surface area contributed by atoms with Gasteiger partial charge in [-0.25, -0.2) is 0 Å². The van der Waals surface area contributed by atoms with Crippen LogP contribution in [0.2, 0.25) is 0 Å². The second kappa shape index (κ2) is 11.6. The van der Waals surface area contributed by atoms with Gasteiger partial charge in [0.1, 0.15) is 6.10 Å². The normalized spacial score (nSPS) is 29.3. The topological polar surface area (TPSA) is 66.8 Å². The van der Waals surface area contributed by atoms with Gasteiger partial charge in [-0.3, -0.25) is 4.79 Å². The van der Waals surface area contributed by atoms with Crippen LogP contribution in [0.3, 0.4) is 0 Å². The van der Waals surface area contributed by atoms with Crippen LogP contribution in [0.5, 0.6) is 0 Å². The molecule has 4 heteroatoms. The Morgan fingerprint density at radius 1 is 1.19 bits per heavy atom. The molecule has 2 aliphatic rings. The Kier molecular flexibility index (Phi) is 9.41. The number of allylic oxidation sites excluding steroid dienone is 2. The van der Waals surface area contributed by atoms with Crippen LogP contribution >= 0.6 is 0 Å². The summed E-state index contributed by atoms with van der Waals surface area (Å²) in [5, 5.41) is 20.1. The average Bonchev–Trinajstić information content (AvgIpc) is 3.38. The lowest BCUT2D eigenvalue weighted by atomic mass is 10.0. The van der Waals surface area contributed by atoms with Gasteiger partial charge in [0.2, 0.25) is 0 Å². The number of carbonyl (C=O) groups excluding carboxylic acids is 1. The van der Waals surface area contributed by atoms with Crippen LogP contribution in [0.15, 0.2) is 24.3 Å². The minimum atomic E-state index is -0.837. The van der Waals surface area contributed by atoms with E-state index in [1.807, 2.05) is 12.2 Å². The van der Waals surface area contributed by atoms with Crippen molar-refractivity contribution in [1.29, 1.82) is 0 Å². The van der Waals surface area contributed by atoms with Crippen molar-refractivity contribution >= 4 is 5.97 Å². The molecule has 148 valence electrons. The molecule has 2 N–H and O–H groups in total. The van der Waals surface area contributed by atoms with Gasteiger partial charge in [0.05, 0.1) is 12.2 Å². The summed E-state index contributed by atoms with van der Waals surface area (Å²) in [6.45, 7) is 2.18. The van der Waals surface area contributed by atoms with Crippen molar-refractivity contribution in [2.75, 3.05) is 0 Å². The molecule has 1 aliphatic heterocycles. The van der Waals surface area contributed by atoms with E-state index in [1.54, 1.807) is 6.08 Å². The number of rotatable bonds is 10. The molecule has 0 aromatic carbocycles. The Balaban J connectivity index is 1.68. The third kappa shape index (κ3) is 7.63. The second-order valence-electron chi connectivity index (χ2n) is 7.84. The number of esters is 1. The molecule has 4 nitrogen and oxygen atoms in total. The molecule has 2 rings (SSSR count). The summed E-state index contributed by atoms with van der Waals surface area (Å²) >= 11 is 0. The summed E-state index contributed by atoms with van der Waals surface area (Å²) in [7, 11) is 0. The van der Waals surface area contributed by atoms with Crippen molar-refractivity contribution in [3.05, 3.63) is 24.3 Å². The Morgan fingerprint density at radius 3 is 2.85 bits per heavy atom. The highest BCUT2D eigenvalue weighted by Crippen LogP contribution is 2.45. The molecule has 0 radical (unpaired) electrons. The fourth-order valence-electron chi connectivity index (χ4n) is 3.65. The molecular formula is C22H36O4. The van der Waals surface area contributed by atoms with Gasteiger partial charge in [0, 0.05) is 12.3 Å². The summed E-state index contributed by atoms with van der Waals surface area (Å²) in [5.74, 6) is 0.681. The number of hydrogen-bond acceptors (Lipinski definition) is 4. The zero-order valence-electron chi connectivity index (χ0n) is 16.2. The molecule has 26 heavy (non-hydrogen) atoms. The fourth-order valence-corrected chi connectivity index (χ4v) is 3.65. The van der Waals surface area contributed by atoms with Crippen LogP contribution in [0.4, 0.5) is 0 Å². The number of aliphatic hydroxyl groups is 2. The third-order valence-electron chi connectivity index (χ3n) is 5.49. The van der Waals surface area contributed by atoms with Gasteiger partial charge in [-0.1, -0.05) is 50.5 Å². The first-order valence-corrected chi connectivity index (χ1v) is 10.5. The van der Waals surface area contributed by atoms with Gasteiger partial charge < -0.3 is 14.9 Å². The van der Waals surface area contributed by atoms with Gasteiger partial charge in [-0.05, 0) is 50.9 Å². The summed E-state index contributed by atoms with van der Waals surface area (Å²) in [6.07, 6.45) is 17.0. The number of cyclic esters (lactones) is 1. The van der Waals surface area contributed by atoms with E-state index in [2.05, 4.69) is 13.0 Å². The Morgan fingerprint density at radius 2 is 2.04 bits per heavy atom. The van der Waals surface area contributed by atoms with Crippen LogP contribution in [0.25, 0.3) is 0 Å². The molecular weight excluding hydrogens is 328 g/mol. The molecule has 1 saturated carbocycles. The number of unbranched alkanes of at least 4 members (excludes halogenated alkanes) is 3. The van der Waals surface area contributed by atoms with Crippen molar-refractivity contribution < 1.29 is 19.7 Å². The van der Waals surface area contributed by atoms with Crippen molar-refractivity contribution in [3.63, 3.8) is 0 Å². The third-order valence-corrected chi connectivity index (χ3v) is 5.49. The maximum atomic E-state index is 11.7. The molecule has 0 aromatic rings. The Bertz CT molecular complexity index is 471. The van der Waals surface area contributed by atoms with E-state index in [1.165, 1.54) is 19.3 Å². The van der Waals surface area contributed by atoms with Gasteiger partial charge in [0.15, 0.2) is 0 Å². The van der Waals surface area contributed by atoms with Gasteiger partial charge in [-0.2, -0.15) is 0 Å². The van der Waals surface area contributed by atoms with E-state index in [0.717, 1.165) is 38.5 Å². The monoisotopic (exact) mass is 364 g/mol. The van der Waals surface area contributed by atoms with E-state index in [-0.39, 0.29) is 12.1 Å². The van der Waals surface area contributed by atoms with Crippen molar-refractivity contribution in [2.24, 2.45) is 11.8 Å². The van der Waals surface area contributed by atoms with Crippen LogP contribution in [-0.2, 0) is 9.53 Å². The fraction of sp³-hybridized carbons (Fsp3) is 0.773. The number of aliphatic hydroxyl groups excluding tert-OH is 2. The van der Waals surface area contributed by atoms with Crippen LogP contribution in [0, 0.1) is 11.8 Å². The highest BCUT2D eigenvalue weighted by Gasteiger charge is 2.43. The van der Waals surface area contributed by atoms with Crippen LogP contribution < -0.4 is 0 Å². The summed E-state index contributed by atoms with van der Waals surface area (Å²) < 4.78 is 5.60. The second-order valence-corrected chi connectivity index (χ2v) is 7.84. The quantitative estimate of drug-likeness (QED) is 0.344. The Labute approximate surface area is 158 Å². The molecule has 1 saturated heterocycles. The molecule has 3 unspecified atom stereocenters. The molecule has 0 bridgehead atoms. The van der Waals surface area contributed by atoms with E-state index >= 15 is 0 Å². The predicted molar refractivity (Wildman–Crippen MR) is 104 cm³/mol. The smallest absolute Gasteiger partial charge is 0.306 e. The molecule has 2 fully saturated rings. The van der Waals surface area contributed by atoms with E-state index in [9.17, 15) is 15.0 Å². The van der Waals surface area contributed by atoms with E-state index in [0.29, 0.717) is 24.7 Å². The van der Waals surface area contributed by atoms with Crippen LogP contribution in [0.1, 0.15) is 77.6 Å². The van der Waals surface area contributed by atoms with E-state index in [4.69, 9.17) is 4.74 Å². The van der Waals surface area contributed by atoms with Gasteiger partial charge in [-0.15, -0.1) is 0 Å². The first kappa shape index (κ1) is 21.2. The largest absolute Gasteiger partial charge is 0.462 e. The minimum Gasteiger partial charge on any atom is -0.462 e. The first-order chi connectivity index (χ1) is 12.6. The highest BCUT2D eigenvalue weighted by molar-refractivity contribution is 5.69. The predicted octanol–water partition coefficient (Wildman–Crippen LogP) is 4.30. The lowest BCUT2D eigenvalue weighted by molar-refractivity contribution is -0.151. The number of carbonyl (C=O) groups is 1. The summed E-state index contributed by atoms with van der Waals surface area (Å²) in [6, 6.07) is 0. The minimum absolute atomic E-state index is 0.0329. The Hall–Kier alpha value is -1.13. The molecule has 0 amide bonds. The number of ether oxygens (including phenoxy) is 1. The molecule has 0 spiro atoms. The molecule has 1 heterocycles. The number of hydrogen-bond donors (Lipinski definition) is 2. The lowest BCUT2D eigenvalue weighted by Crippen LogP contribution is -2.23.